The number of ether oxygens (including phenoxy) is 1. The lowest BCUT2D eigenvalue weighted by Gasteiger charge is -2.14. The summed E-state index contributed by atoms with van der Waals surface area (Å²) in [6.07, 6.45) is 5.13. The van der Waals surface area contributed by atoms with Crippen LogP contribution in [-0.2, 0) is 26.1 Å². The van der Waals surface area contributed by atoms with Gasteiger partial charge in [-0.1, -0.05) is 66.2 Å². The number of hydrogen-bond acceptors (Lipinski definition) is 4. The molecule has 40 heavy (non-hydrogen) atoms. The van der Waals surface area contributed by atoms with E-state index in [9.17, 15) is 18.8 Å². The number of fused-ring (bicyclic) bond motifs is 1. The molecular formula is C31H25ClFN3O4. The van der Waals surface area contributed by atoms with E-state index in [4.69, 9.17) is 16.3 Å². The van der Waals surface area contributed by atoms with Gasteiger partial charge in [0.25, 0.3) is 11.5 Å². The lowest BCUT2D eigenvalue weighted by Crippen LogP contribution is -2.32. The summed E-state index contributed by atoms with van der Waals surface area (Å²) in [6.45, 7) is 0.489. The standard InChI is InChI=1S/C31H25ClFN3O4/c32-24-10-6-21(7-11-24)14-15-35-16-17-36-19-26(30(38)34-18-22-8-12-25(33)13-9-22)28(37)29(27(36)31(35)39)40-20-23-4-2-1-3-5-23/h1-13,16-17,19H,14-15,18,20H2,(H,34,38). The quantitative estimate of drug-likeness (QED) is 0.276. The number of benzene rings is 3. The molecule has 2 aromatic heterocycles. The normalized spacial score (nSPS) is 10.9. The van der Waals surface area contributed by atoms with Gasteiger partial charge in [0.2, 0.25) is 5.43 Å². The summed E-state index contributed by atoms with van der Waals surface area (Å²) in [4.78, 5) is 40.2. The van der Waals surface area contributed by atoms with E-state index in [1.54, 1.807) is 36.7 Å². The molecule has 0 saturated carbocycles. The Labute approximate surface area is 234 Å². The maximum atomic E-state index is 13.6. The summed E-state index contributed by atoms with van der Waals surface area (Å²) < 4.78 is 22.1. The monoisotopic (exact) mass is 557 g/mol. The highest BCUT2D eigenvalue weighted by atomic mass is 35.5. The summed E-state index contributed by atoms with van der Waals surface area (Å²) in [5.74, 6) is -1.23. The van der Waals surface area contributed by atoms with Crippen molar-refractivity contribution in [3.8, 4) is 5.75 Å². The number of carbonyl (C=O) groups excluding carboxylic acids is 1. The zero-order valence-electron chi connectivity index (χ0n) is 21.3. The number of aryl methyl sites for hydroxylation is 2. The van der Waals surface area contributed by atoms with Crippen LogP contribution in [0.4, 0.5) is 4.39 Å². The third-order valence-electron chi connectivity index (χ3n) is 6.45. The molecule has 0 fully saturated rings. The smallest absolute Gasteiger partial charge is 0.278 e. The van der Waals surface area contributed by atoms with Gasteiger partial charge < -0.3 is 19.0 Å². The molecule has 0 spiro atoms. The summed E-state index contributed by atoms with van der Waals surface area (Å²) in [6, 6.07) is 22.3. The third-order valence-corrected chi connectivity index (χ3v) is 6.71. The molecule has 202 valence electrons. The van der Waals surface area contributed by atoms with Crippen LogP contribution in [0.2, 0.25) is 5.02 Å². The van der Waals surface area contributed by atoms with E-state index in [-0.39, 0.29) is 35.8 Å². The first-order valence-electron chi connectivity index (χ1n) is 12.6. The van der Waals surface area contributed by atoms with Crippen molar-refractivity contribution in [3.63, 3.8) is 0 Å². The fourth-order valence-electron chi connectivity index (χ4n) is 4.27. The van der Waals surface area contributed by atoms with E-state index in [1.807, 2.05) is 42.5 Å². The van der Waals surface area contributed by atoms with Gasteiger partial charge in [0.15, 0.2) is 11.3 Å². The first kappa shape index (κ1) is 26.9. The van der Waals surface area contributed by atoms with Gasteiger partial charge in [0, 0.05) is 36.7 Å². The SMILES string of the molecule is O=C(NCc1ccc(F)cc1)c1cn2ccn(CCc3ccc(Cl)cc3)c(=O)c2c(OCc2ccccc2)c1=O. The molecule has 0 aliphatic rings. The van der Waals surface area contributed by atoms with Gasteiger partial charge >= 0.3 is 0 Å². The van der Waals surface area contributed by atoms with Crippen molar-refractivity contribution in [1.82, 2.24) is 14.3 Å². The zero-order valence-corrected chi connectivity index (χ0v) is 22.1. The summed E-state index contributed by atoms with van der Waals surface area (Å²) >= 11 is 5.97. The van der Waals surface area contributed by atoms with Crippen LogP contribution < -0.4 is 21.0 Å². The Balaban J connectivity index is 1.49. The third kappa shape index (κ3) is 6.13. The topological polar surface area (TPSA) is 81.8 Å². The lowest BCUT2D eigenvalue weighted by atomic mass is 10.1. The summed E-state index contributed by atoms with van der Waals surface area (Å²) in [7, 11) is 0. The number of halogens is 2. The van der Waals surface area contributed by atoms with Gasteiger partial charge in [-0.15, -0.1) is 0 Å². The van der Waals surface area contributed by atoms with E-state index < -0.39 is 16.9 Å². The molecule has 0 saturated heterocycles. The van der Waals surface area contributed by atoms with Crippen LogP contribution in [0.15, 0.2) is 107 Å². The lowest BCUT2D eigenvalue weighted by molar-refractivity contribution is 0.0948. The predicted octanol–water partition coefficient (Wildman–Crippen LogP) is 5.01. The van der Waals surface area contributed by atoms with Crippen molar-refractivity contribution in [2.75, 3.05) is 0 Å². The second-order valence-electron chi connectivity index (χ2n) is 9.21. The van der Waals surface area contributed by atoms with E-state index in [2.05, 4.69) is 5.32 Å². The van der Waals surface area contributed by atoms with Gasteiger partial charge in [-0.05, 0) is 47.4 Å². The minimum atomic E-state index is -0.694. The maximum absolute atomic E-state index is 13.6. The molecule has 2 heterocycles. The van der Waals surface area contributed by atoms with E-state index in [1.165, 1.54) is 27.3 Å². The molecule has 1 N–H and O–H groups in total. The molecule has 5 aromatic rings. The molecule has 0 aliphatic carbocycles. The number of pyridine rings is 1. The van der Waals surface area contributed by atoms with Crippen molar-refractivity contribution < 1.29 is 13.9 Å². The number of amides is 1. The highest BCUT2D eigenvalue weighted by Crippen LogP contribution is 2.16. The number of nitrogens with one attached hydrogen (secondary N) is 1. The molecular weight excluding hydrogens is 533 g/mol. The molecule has 0 unspecified atom stereocenters. The Bertz CT molecular complexity index is 1770. The largest absolute Gasteiger partial charge is 0.483 e. The molecule has 7 nitrogen and oxygen atoms in total. The van der Waals surface area contributed by atoms with Gasteiger partial charge in [0.05, 0.1) is 0 Å². The second kappa shape index (κ2) is 12.0. The highest BCUT2D eigenvalue weighted by molar-refractivity contribution is 6.30. The maximum Gasteiger partial charge on any atom is 0.278 e. The van der Waals surface area contributed by atoms with Crippen LogP contribution >= 0.6 is 11.6 Å². The molecule has 3 aromatic carbocycles. The summed E-state index contributed by atoms with van der Waals surface area (Å²) in [5.41, 5.74) is 1.21. The van der Waals surface area contributed by atoms with E-state index in [0.29, 0.717) is 23.6 Å². The minimum Gasteiger partial charge on any atom is -0.483 e. The van der Waals surface area contributed by atoms with Gasteiger partial charge in [-0.3, -0.25) is 14.4 Å². The van der Waals surface area contributed by atoms with Crippen molar-refractivity contribution in [2.24, 2.45) is 0 Å². The van der Waals surface area contributed by atoms with Crippen LogP contribution in [0.25, 0.3) is 5.52 Å². The average molecular weight is 558 g/mol. The Morgan fingerprint density at radius 3 is 2.30 bits per heavy atom. The van der Waals surface area contributed by atoms with Crippen LogP contribution in [0, 0.1) is 5.82 Å². The number of nitrogens with zero attached hydrogens (tertiary/aromatic N) is 2. The van der Waals surface area contributed by atoms with Crippen LogP contribution in [-0.4, -0.2) is 14.9 Å². The molecule has 0 aliphatic heterocycles. The molecule has 9 heteroatoms. The fourth-order valence-corrected chi connectivity index (χ4v) is 4.40. The number of hydrogen-bond donors (Lipinski definition) is 1. The van der Waals surface area contributed by atoms with Crippen molar-refractivity contribution >= 4 is 23.0 Å². The highest BCUT2D eigenvalue weighted by Gasteiger charge is 2.21. The number of aromatic nitrogens is 2. The Morgan fingerprint density at radius 1 is 0.875 bits per heavy atom. The van der Waals surface area contributed by atoms with Crippen molar-refractivity contribution in [3.05, 3.63) is 151 Å². The Hall–Kier alpha value is -4.69. The summed E-state index contributed by atoms with van der Waals surface area (Å²) in [5, 5.41) is 3.32. The fraction of sp³-hybridized carbons (Fsp3) is 0.129. The van der Waals surface area contributed by atoms with Crippen LogP contribution in [0.5, 0.6) is 5.75 Å². The molecule has 0 radical (unpaired) electrons. The zero-order chi connectivity index (χ0) is 28.1. The van der Waals surface area contributed by atoms with Crippen molar-refractivity contribution in [2.45, 2.75) is 26.1 Å². The van der Waals surface area contributed by atoms with Crippen LogP contribution in [0.3, 0.4) is 0 Å². The van der Waals surface area contributed by atoms with E-state index in [0.717, 1.165) is 11.1 Å². The molecule has 1 amide bonds. The van der Waals surface area contributed by atoms with Crippen LogP contribution in [0.1, 0.15) is 27.0 Å². The Morgan fingerprint density at radius 2 is 1.57 bits per heavy atom. The second-order valence-corrected chi connectivity index (χ2v) is 9.65. The Kier molecular flexibility index (Phi) is 8.07. The predicted molar refractivity (Wildman–Crippen MR) is 151 cm³/mol. The molecule has 5 rings (SSSR count). The minimum absolute atomic E-state index is 0.0332. The molecule has 0 atom stereocenters. The number of carbonyl (C=O) groups is 1. The van der Waals surface area contributed by atoms with E-state index >= 15 is 0 Å². The first-order valence-corrected chi connectivity index (χ1v) is 13.0. The first-order chi connectivity index (χ1) is 19.4. The van der Waals surface area contributed by atoms with Crippen molar-refractivity contribution in [1.29, 1.82) is 0 Å². The van der Waals surface area contributed by atoms with Gasteiger partial charge in [-0.2, -0.15) is 0 Å². The number of rotatable bonds is 9. The molecule has 0 bridgehead atoms. The average Bonchev–Trinajstić information content (AvgIpc) is 2.97. The van der Waals surface area contributed by atoms with Gasteiger partial charge in [0.1, 0.15) is 18.0 Å². The van der Waals surface area contributed by atoms with Gasteiger partial charge in [-0.25, -0.2) is 4.39 Å².